The highest BCUT2D eigenvalue weighted by atomic mass is 32.2. The molecule has 2 fully saturated rings. The van der Waals surface area contributed by atoms with Crippen molar-refractivity contribution in [1.82, 2.24) is 14.9 Å². The van der Waals surface area contributed by atoms with Gasteiger partial charge in [0, 0.05) is 19.1 Å². The first-order valence-electron chi connectivity index (χ1n) is 10.3. The zero-order valence-corrected chi connectivity index (χ0v) is 18.2. The normalized spacial score (nSPS) is 22.3. The van der Waals surface area contributed by atoms with E-state index >= 15 is 0 Å². The Labute approximate surface area is 181 Å². The summed E-state index contributed by atoms with van der Waals surface area (Å²) in [6, 6.07) is 5.51. The zero-order chi connectivity index (χ0) is 22.4. The molecule has 0 radical (unpaired) electrons. The number of carbonyl (C=O) groups excluding carboxylic acids is 3. The maximum atomic E-state index is 12.7. The molecule has 0 spiro atoms. The van der Waals surface area contributed by atoms with Crippen molar-refractivity contribution in [2.24, 2.45) is 0 Å². The smallest absolute Gasteiger partial charge is 0.407 e. The summed E-state index contributed by atoms with van der Waals surface area (Å²) in [6.45, 7) is 2.29. The number of ether oxygens (including phenoxy) is 2. The van der Waals surface area contributed by atoms with E-state index in [1.165, 1.54) is 24.3 Å². The van der Waals surface area contributed by atoms with Crippen LogP contribution in [0.3, 0.4) is 0 Å². The molecule has 2 amide bonds. The lowest BCUT2D eigenvalue weighted by atomic mass is 9.93. The molecular formula is C20H27N3O7S. The first kappa shape index (κ1) is 23.0. The van der Waals surface area contributed by atoms with Crippen molar-refractivity contribution in [3.63, 3.8) is 0 Å². The van der Waals surface area contributed by atoms with Gasteiger partial charge in [-0.2, -0.15) is 4.31 Å². The number of nitrogens with zero attached hydrogens (tertiary/aromatic N) is 1. The second-order valence-electron chi connectivity index (χ2n) is 7.46. The third-order valence-corrected chi connectivity index (χ3v) is 7.14. The lowest BCUT2D eigenvalue weighted by Gasteiger charge is -2.28. The SMILES string of the molecule is CCOC(=O)NC1CCC(OC(=O)c2ccc(S(=O)(=O)N3CCNC(=O)C3)cc2)CC1. The number of nitrogens with one attached hydrogen (secondary N) is 2. The van der Waals surface area contributed by atoms with Crippen LogP contribution < -0.4 is 10.6 Å². The average Bonchev–Trinajstić information content (AvgIpc) is 2.75. The van der Waals surface area contributed by atoms with Crippen LogP contribution in [0.25, 0.3) is 0 Å². The van der Waals surface area contributed by atoms with E-state index in [9.17, 15) is 22.8 Å². The number of rotatable bonds is 6. The number of alkyl carbamates (subject to hydrolysis) is 1. The minimum absolute atomic E-state index is 0.00430. The van der Waals surface area contributed by atoms with Crippen LogP contribution in [-0.2, 0) is 24.3 Å². The fourth-order valence-electron chi connectivity index (χ4n) is 3.62. The van der Waals surface area contributed by atoms with Gasteiger partial charge in [-0.15, -0.1) is 0 Å². The van der Waals surface area contributed by atoms with Gasteiger partial charge in [0.25, 0.3) is 0 Å². The van der Waals surface area contributed by atoms with Crippen LogP contribution in [0.15, 0.2) is 29.2 Å². The molecule has 31 heavy (non-hydrogen) atoms. The minimum Gasteiger partial charge on any atom is -0.459 e. The molecule has 0 atom stereocenters. The Morgan fingerprint density at radius 1 is 1.16 bits per heavy atom. The van der Waals surface area contributed by atoms with E-state index in [1.54, 1.807) is 6.92 Å². The molecule has 0 unspecified atom stereocenters. The number of esters is 1. The van der Waals surface area contributed by atoms with Gasteiger partial charge in [-0.1, -0.05) is 0 Å². The fourth-order valence-corrected chi connectivity index (χ4v) is 5.01. The first-order valence-corrected chi connectivity index (χ1v) is 11.7. The van der Waals surface area contributed by atoms with Crippen LogP contribution in [0.2, 0.25) is 0 Å². The van der Waals surface area contributed by atoms with Crippen LogP contribution in [-0.4, -0.2) is 69.1 Å². The number of hydrogen-bond donors (Lipinski definition) is 2. The predicted molar refractivity (Wildman–Crippen MR) is 110 cm³/mol. The summed E-state index contributed by atoms with van der Waals surface area (Å²) in [6.07, 6.45) is 1.89. The second kappa shape index (κ2) is 10.1. The van der Waals surface area contributed by atoms with E-state index in [4.69, 9.17) is 9.47 Å². The van der Waals surface area contributed by atoms with Crippen molar-refractivity contribution >= 4 is 28.0 Å². The molecule has 1 saturated carbocycles. The van der Waals surface area contributed by atoms with E-state index in [2.05, 4.69) is 10.6 Å². The van der Waals surface area contributed by atoms with E-state index in [0.29, 0.717) is 32.3 Å². The lowest BCUT2D eigenvalue weighted by Crippen LogP contribution is -2.49. The van der Waals surface area contributed by atoms with Gasteiger partial charge >= 0.3 is 12.1 Å². The Bertz CT molecular complexity index is 909. The van der Waals surface area contributed by atoms with Crippen LogP contribution in [0.4, 0.5) is 4.79 Å². The fraction of sp³-hybridized carbons (Fsp3) is 0.550. The Morgan fingerprint density at radius 3 is 2.45 bits per heavy atom. The third-order valence-electron chi connectivity index (χ3n) is 5.28. The molecule has 170 valence electrons. The minimum atomic E-state index is -3.81. The molecule has 2 aliphatic rings. The highest BCUT2D eigenvalue weighted by Gasteiger charge is 2.30. The zero-order valence-electron chi connectivity index (χ0n) is 17.3. The third kappa shape index (κ3) is 5.95. The number of amides is 2. The van der Waals surface area contributed by atoms with Crippen LogP contribution in [0, 0.1) is 0 Å². The Hall–Kier alpha value is -2.66. The van der Waals surface area contributed by atoms with Crippen molar-refractivity contribution in [3.8, 4) is 0 Å². The Balaban J connectivity index is 1.53. The average molecular weight is 454 g/mol. The Kier molecular flexibility index (Phi) is 7.50. The molecule has 0 bridgehead atoms. The molecule has 0 aromatic heterocycles. The number of carbonyl (C=O) groups is 3. The van der Waals surface area contributed by atoms with E-state index in [0.717, 1.165) is 4.31 Å². The van der Waals surface area contributed by atoms with Gasteiger partial charge < -0.3 is 20.1 Å². The molecule has 1 aliphatic carbocycles. The molecule has 1 saturated heterocycles. The number of piperazine rings is 1. The van der Waals surface area contributed by atoms with Gasteiger partial charge in [0.15, 0.2) is 0 Å². The van der Waals surface area contributed by atoms with Gasteiger partial charge in [0.05, 0.1) is 23.6 Å². The topological polar surface area (TPSA) is 131 Å². The Morgan fingerprint density at radius 2 is 1.84 bits per heavy atom. The summed E-state index contributed by atoms with van der Waals surface area (Å²) in [5, 5.41) is 5.37. The maximum Gasteiger partial charge on any atom is 0.407 e. The standard InChI is InChI=1S/C20H27N3O7S/c1-2-29-20(26)22-15-5-7-16(8-6-15)30-19(25)14-3-9-17(10-4-14)31(27,28)23-12-11-21-18(24)13-23/h3-4,9-10,15-16H,2,5-8,11-13H2,1H3,(H,21,24)(H,22,26). The summed E-state index contributed by atoms with van der Waals surface area (Å²) >= 11 is 0. The number of hydrogen-bond acceptors (Lipinski definition) is 7. The van der Waals surface area contributed by atoms with Crippen LogP contribution in [0.5, 0.6) is 0 Å². The number of sulfonamides is 1. The van der Waals surface area contributed by atoms with Crippen molar-refractivity contribution in [2.45, 2.75) is 49.6 Å². The van der Waals surface area contributed by atoms with Crippen molar-refractivity contribution in [2.75, 3.05) is 26.2 Å². The second-order valence-corrected chi connectivity index (χ2v) is 9.39. The lowest BCUT2D eigenvalue weighted by molar-refractivity contribution is -0.122. The molecule has 3 rings (SSSR count). The highest BCUT2D eigenvalue weighted by Crippen LogP contribution is 2.23. The summed E-state index contributed by atoms with van der Waals surface area (Å²) < 4.78 is 36.9. The van der Waals surface area contributed by atoms with Crippen LogP contribution >= 0.6 is 0 Å². The molecule has 10 nitrogen and oxygen atoms in total. The maximum absolute atomic E-state index is 12.7. The molecule has 1 aromatic carbocycles. The van der Waals surface area contributed by atoms with Crippen molar-refractivity contribution < 1.29 is 32.3 Å². The summed E-state index contributed by atoms with van der Waals surface area (Å²) in [7, 11) is -3.81. The summed E-state index contributed by atoms with van der Waals surface area (Å²) in [4.78, 5) is 35.4. The first-order chi connectivity index (χ1) is 14.8. The van der Waals surface area contributed by atoms with E-state index in [1.807, 2.05) is 0 Å². The molecular weight excluding hydrogens is 426 g/mol. The largest absolute Gasteiger partial charge is 0.459 e. The number of benzene rings is 1. The molecule has 11 heteroatoms. The molecule has 1 aromatic rings. The molecule has 2 N–H and O–H groups in total. The molecule has 1 aliphatic heterocycles. The summed E-state index contributed by atoms with van der Waals surface area (Å²) in [5.41, 5.74) is 0.252. The quantitative estimate of drug-likeness (QED) is 0.615. The monoisotopic (exact) mass is 453 g/mol. The molecule has 1 heterocycles. The van der Waals surface area contributed by atoms with Gasteiger partial charge in [-0.25, -0.2) is 18.0 Å². The van der Waals surface area contributed by atoms with Crippen molar-refractivity contribution in [1.29, 1.82) is 0 Å². The van der Waals surface area contributed by atoms with Crippen molar-refractivity contribution in [3.05, 3.63) is 29.8 Å². The van der Waals surface area contributed by atoms with Gasteiger partial charge in [-0.3, -0.25) is 4.79 Å². The highest BCUT2D eigenvalue weighted by molar-refractivity contribution is 7.89. The van der Waals surface area contributed by atoms with Gasteiger partial charge in [0.1, 0.15) is 6.10 Å². The van der Waals surface area contributed by atoms with Crippen LogP contribution in [0.1, 0.15) is 43.0 Å². The van der Waals surface area contributed by atoms with E-state index in [-0.39, 0.29) is 48.1 Å². The summed E-state index contributed by atoms with van der Waals surface area (Å²) in [5.74, 6) is -0.870. The van der Waals surface area contributed by atoms with Gasteiger partial charge in [0.2, 0.25) is 15.9 Å². The predicted octanol–water partition coefficient (Wildman–Crippen LogP) is 1.02. The van der Waals surface area contributed by atoms with E-state index < -0.39 is 22.1 Å². The van der Waals surface area contributed by atoms with Gasteiger partial charge in [-0.05, 0) is 56.9 Å².